The largest absolute Gasteiger partial charge is 0.456 e. The lowest BCUT2D eigenvalue weighted by molar-refractivity contribution is -0.136. The molecular weight excluding hydrogens is 629 g/mol. The minimum atomic E-state index is -1.08. The molecule has 0 aliphatic carbocycles. The second-order valence-corrected chi connectivity index (χ2v) is 14.6. The number of piperidine rings is 1. The van der Waals surface area contributed by atoms with Crippen LogP contribution < -0.4 is 5.32 Å². The van der Waals surface area contributed by atoms with Gasteiger partial charge in [0.15, 0.2) is 0 Å². The van der Waals surface area contributed by atoms with E-state index in [9.17, 15) is 9.59 Å². The Hall–Kier alpha value is -3.91. The number of benzene rings is 4. The number of ether oxygens (including phenoxy) is 2. The standard InChI is InChI=1S/C42H50N2O4S/c1-31-16-12-13-17-32(31)28-41(30-47-5)24-26-44(27-25-41)38(45)37(29-49)43-42(33-18-8-6-9-19-33,34-20-10-7-11-21-34)36-23-15-14-22-35(36)39(46)48-40(2,3)4/h6-23,37,43,49H,24-30H2,1-5H3/t37-/m0/s1. The van der Waals surface area contributed by atoms with Gasteiger partial charge >= 0.3 is 5.97 Å². The third-order valence-corrected chi connectivity index (χ3v) is 10.0. The fourth-order valence-electron chi connectivity index (χ4n) is 7.18. The summed E-state index contributed by atoms with van der Waals surface area (Å²) in [6.07, 6.45) is 2.59. The van der Waals surface area contributed by atoms with Gasteiger partial charge in [0.1, 0.15) is 5.60 Å². The van der Waals surface area contributed by atoms with E-state index in [4.69, 9.17) is 22.1 Å². The van der Waals surface area contributed by atoms with Gasteiger partial charge in [-0.05, 0) is 80.8 Å². The quantitative estimate of drug-likeness (QED) is 0.0917. The highest BCUT2D eigenvalue weighted by atomic mass is 32.1. The first kappa shape index (κ1) is 36.4. The fourth-order valence-corrected chi connectivity index (χ4v) is 7.43. The Morgan fingerprint density at radius 3 is 1.94 bits per heavy atom. The van der Waals surface area contributed by atoms with Gasteiger partial charge in [-0.15, -0.1) is 0 Å². The lowest BCUT2D eigenvalue weighted by atomic mass is 9.73. The van der Waals surface area contributed by atoms with Gasteiger partial charge in [-0.25, -0.2) is 4.79 Å². The molecule has 0 saturated carbocycles. The summed E-state index contributed by atoms with van der Waals surface area (Å²) in [4.78, 5) is 30.4. The number of rotatable bonds is 12. The van der Waals surface area contributed by atoms with E-state index in [1.165, 1.54) is 11.1 Å². The summed E-state index contributed by atoms with van der Waals surface area (Å²) in [6.45, 7) is 9.64. The number of methoxy groups -OCH3 is 1. The molecule has 1 heterocycles. The number of hydrogen-bond acceptors (Lipinski definition) is 6. The predicted molar refractivity (Wildman–Crippen MR) is 200 cm³/mol. The number of nitrogens with one attached hydrogen (secondary N) is 1. The molecule has 1 aliphatic heterocycles. The number of nitrogens with zero attached hydrogens (tertiary/aromatic N) is 1. The van der Waals surface area contributed by atoms with Gasteiger partial charge in [-0.3, -0.25) is 10.1 Å². The number of likely N-dealkylation sites (tertiary alicyclic amines) is 1. The summed E-state index contributed by atoms with van der Waals surface area (Å²) in [7, 11) is 1.76. The van der Waals surface area contributed by atoms with Crippen LogP contribution in [0.5, 0.6) is 0 Å². The van der Waals surface area contributed by atoms with Gasteiger partial charge in [-0.2, -0.15) is 12.6 Å². The normalized spacial score (nSPS) is 15.4. The van der Waals surface area contributed by atoms with Crippen molar-refractivity contribution in [3.05, 3.63) is 143 Å². The van der Waals surface area contributed by atoms with Crippen LogP contribution >= 0.6 is 12.6 Å². The molecule has 6 nitrogen and oxygen atoms in total. The molecule has 7 heteroatoms. The second-order valence-electron chi connectivity index (χ2n) is 14.3. The third-order valence-electron chi connectivity index (χ3n) is 9.65. The Labute approximate surface area is 297 Å². The van der Waals surface area contributed by atoms with Gasteiger partial charge < -0.3 is 14.4 Å². The SMILES string of the molecule is COCC1(Cc2ccccc2C)CCN(C(=O)[C@H](CS)NC(c2ccccc2)(c2ccccc2)c2ccccc2C(=O)OC(C)(C)C)CC1. The average Bonchev–Trinajstić information content (AvgIpc) is 3.10. The van der Waals surface area contributed by atoms with Crippen molar-refractivity contribution < 1.29 is 19.1 Å². The average molecular weight is 679 g/mol. The molecule has 1 N–H and O–H groups in total. The number of hydrogen-bond donors (Lipinski definition) is 2. The smallest absolute Gasteiger partial charge is 0.339 e. The lowest BCUT2D eigenvalue weighted by Crippen LogP contribution is -2.58. The first-order valence-electron chi connectivity index (χ1n) is 17.2. The molecular formula is C42H50N2O4S. The number of amides is 1. The number of esters is 1. The van der Waals surface area contributed by atoms with Crippen molar-refractivity contribution in [1.82, 2.24) is 10.2 Å². The zero-order valence-electron chi connectivity index (χ0n) is 29.4. The fraction of sp³-hybridized carbons (Fsp3) is 0.381. The van der Waals surface area contributed by atoms with Crippen molar-refractivity contribution in [2.45, 2.75) is 64.1 Å². The maximum absolute atomic E-state index is 14.6. The van der Waals surface area contributed by atoms with Gasteiger partial charge in [0, 0.05) is 31.4 Å². The monoisotopic (exact) mass is 678 g/mol. The van der Waals surface area contributed by atoms with Crippen molar-refractivity contribution >= 4 is 24.5 Å². The van der Waals surface area contributed by atoms with Crippen LogP contribution in [0.3, 0.4) is 0 Å². The number of thiol groups is 1. The molecule has 1 saturated heterocycles. The van der Waals surface area contributed by atoms with Crippen LogP contribution in [-0.2, 0) is 26.2 Å². The zero-order valence-corrected chi connectivity index (χ0v) is 30.3. The number of carbonyl (C=O) groups is 2. The number of carbonyl (C=O) groups excluding carboxylic acids is 2. The molecule has 0 bridgehead atoms. The third kappa shape index (κ3) is 8.29. The van der Waals surface area contributed by atoms with Gasteiger partial charge in [0.05, 0.1) is 23.8 Å². The molecule has 4 aromatic rings. The molecule has 1 amide bonds. The molecule has 1 fully saturated rings. The molecule has 0 aromatic heterocycles. The molecule has 49 heavy (non-hydrogen) atoms. The van der Waals surface area contributed by atoms with E-state index < -0.39 is 23.2 Å². The highest BCUT2D eigenvalue weighted by molar-refractivity contribution is 7.80. The van der Waals surface area contributed by atoms with Crippen LogP contribution in [0.4, 0.5) is 0 Å². The summed E-state index contributed by atoms with van der Waals surface area (Å²) >= 11 is 4.77. The van der Waals surface area contributed by atoms with Crippen LogP contribution in [0.1, 0.15) is 71.8 Å². The van der Waals surface area contributed by atoms with E-state index >= 15 is 0 Å². The van der Waals surface area contributed by atoms with Crippen molar-refractivity contribution in [1.29, 1.82) is 0 Å². The lowest BCUT2D eigenvalue weighted by Gasteiger charge is -2.44. The highest BCUT2D eigenvalue weighted by Gasteiger charge is 2.44. The van der Waals surface area contributed by atoms with Crippen molar-refractivity contribution in [2.75, 3.05) is 32.6 Å². The van der Waals surface area contributed by atoms with E-state index in [0.717, 1.165) is 30.4 Å². The Balaban J connectivity index is 1.53. The van der Waals surface area contributed by atoms with Crippen molar-refractivity contribution in [2.24, 2.45) is 5.41 Å². The minimum absolute atomic E-state index is 0.0112. The molecule has 0 spiro atoms. The zero-order chi connectivity index (χ0) is 35.1. The first-order valence-corrected chi connectivity index (χ1v) is 17.8. The van der Waals surface area contributed by atoms with E-state index in [0.29, 0.717) is 30.8 Å². The van der Waals surface area contributed by atoms with E-state index in [1.54, 1.807) is 13.2 Å². The summed E-state index contributed by atoms with van der Waals surface area (Å²) < 4.78 is 11.7. The summed E-state index contributed by atoms with van der Waals surface area (Å²) in [6, 6.07) is 35.4. The molecule has 4 aromatic carbocycles. The molecule has 1 aliphatic rings. The Bertz CT molecular complexity index is 1660. The molecule has 5 rings (SSSR count). The molecule has 0 radical (unpaired) electrons. The molecule has 258 valence electrons. The van der Waals surface area contributed by atoms with Crippen molar-refractivity contribution in [3.8, 4) is 0 Å². The maximum atomic E-state index is 14.6. The van der Waals surface area contributed by atoms with Crippen LogP contribution in [-0.4, -0.2) is 61.0 Å². The van der Waals surface area contributed by atoms with Crippen LogP contribution in [0, 0.1) is 12.3 Å². The summed E-state index contributed by atoms with van der Waals surface area (Å²) in [5, 5.41) is 3.81. The van der Waals surface area contributed by atoms with Gasteiger partial charge in [0.25, 0.3) is 0 Å². The van der Waals surface area contributed by atoms with Gasteiger partial charge in [0.2, 0.25) is 5.91 Å². The van der Waals surface area contributed by atoms with Crippen LogP contribution in [0.15, 0.2) is 109 Å². The number of aryl methyl sites for hydroxylation is 1. The molecule has 1 atom stereocenters. The van der Waals surface area contributed by atoms with Crippen LogP contribution in [0.2, 0.25) is 0 Å². The minimum Gasteiger partial charge on any atom is -0.456 e. The van der Waals surface area contributed by atoms with E-state index in [1.807, 2.05) is 105 Å². The highest BCUT2D eigenvalue weighted by Crippen LogP contribution is 2.41. The van der Waals surface area contributed by atoms with Gasteiger partial charge in [-0.1, -0.05) is 103 Å². The summed E-state index contributed by atoms with van der Waals surface area (Å²) in [5.74, 6) is -0.172. The second kappa shape index (κ2) is 15.8. The predicted octanol–water partition coefficient (Wildman–Crippen LogP) is 7.63. The van der Waals surface area contributed by atoms with E-state index in [-0.39, 0.29) is 17.1 Å². The summed E-state index contributed by atoms with van der Waals surface area (Å²) in [5.41, 5.74) is 3.72. The van der Waals surface area contributed by atoms with Crippen LogP contribution in [0.25, 0.3) is 0 Å². The maximum Gasteiger partial charge on any atom is 0.339 e. The Morgan fingerprint density at radius 1 is 0.837 bits per heavy atom. The Kier molecular flexibility index (Phi) is 11.7. The van der Waals surface area contributed by atoms with E-state index in [2.05, 4.69) is 36.5 Å². The Morgan fingerprint density at radius 2 is 1.39 bits per heavy atom. The first-order chi connectivity index (χ1) is 23.5. The van der Waals surface area contributed by atoms with Crippen molar-refractivity contribution in [3.63, 3.8) is 0 Å². The molecule has 0 unspecified atom stereocenters. The topological polar surface area (TPSA) is 67.9 Å².